The predicted molar refractivity (Wildman–Crippen MR) is 41.4 cm³/mol. The van der Waals surface area contributed by atoms with Crippen molar-refractivity contribution < 1.29 is 4.43 Å². The molecule has 0 spiro atoms. The van der Waals surface area contributed by atoms with E-state index in [4.69, 9.17) is 4.43 Å². The molecule has 0 aromatic rings. The Labute approximate surface area is 60.1 Å². The molecule has 9 heavy (non-hydrogen) atoms. The Morgan fingerprint density at radius 2 is 2.22 bits per heavy atom. The van der Waals surface area contributed by atoms with Crippen LogP contribution < -0.4 is 0 Å². The third kappa shape index (κ3) is 7.92. The molecule has 0 bridgehead atoms. The minimum Gasteiger partial charge on any atom is -0.410 e. The summed E-state index contributed by atoms with van der Waals surface area (Å²) in [5.74, 6) is 0. The fourth-order valence-corrected chi connectivity index (χ4v) is 1.02. The standard InChI is InChI=1S/C7H14OSi/c1-4-5-6-9-8-7(2)3/h5-7H,4H2,1-3H3/b6-5+. The molecule has 2 radical (unpaired) electrons. The van der Waals surface area contributed by atoms with Gasteiger partial charge in [-0.2, -0.15) is 0 Å². The Balaban J connectivity index is 2.99. The molecular formula is C7H14OSi. The van der Waals surface area contributed by atoms with Crippen LogP contribution in [0.4, 0.5) is 0 Å². The van der Waals surface area contributed by atoms with E-state index in [1.807, 2.05) is 13.8 Å². The second-order valence-corrected chi connectivity index (χ2v) is 2.90. The Hall–Kier alpha value is -0.0831. The first-order valence-corrected chi connectivity index (χ1v) is 4.32. The smallest absolute Gasteiger partial charge is 0.260 e. The fraction of sp³-hybridized carbons (Fsp3) is 0.714. The molecule has 0 saturated heterocycles. The van der Waals surface area contributed by atoms with Gasteiger partial charge in [-0.25, -0.2) is 0 Å². The van der Waals surface area contributed by atoms with Crippen molar-refractivity contribution in [2.75, 3.05) is 0 Å². The third-order valence-corrected chi connectivity index (χ3v) is 1.70. The zero-order chi connectivity index (χ0) is 7.11. The molecule has 0 aliphatic heterocycles. The van der Waals surface area contributed by atoms with Crippen molar-refractivity contribution in [1.29, 1.82) is 0 Å². The average molecular weight is 142 g/mol. The molecule has 2 heteroatoms. The van der Waals surface area contributed by atoms with E-state index >= 15 is 0 Å². The van der Waals surface area contributed by atoms with Gasteiger partial charge in [0.15, 0.2) is 0 Å². The molecule has 0 atom stereocenters. The zero-order valence-corrected chi connectivity index (χ0v) is 7.35. The first-order chi connectivity index (χ1) is 4.27. The lowest BCUT2D eigenvalue weighted by atomic mass is 10.5. The van der Waals surface area contributed by atoms with Gasteiger partial charge in [-0.05, 0) is 20.3 Å². The first kappa shape index (κ1) is 8.92. The molecule has 0 amide bonds. The van der Waals surface area contributed by atoms with Crippen molar-refractivity contribution in [2.24, 2.45) is 0 Å². The molecule has 52 valence electrons. The van der Waals surface area contributed by atoms with E-state index in [2.05, 4.69) is 18.7 Å². The van der Waals surface area contributed by atoms with E-state index in [0.29, 0.717) is 15.9 Å². The summed E-state index contributed by atoms with van der Waals surface area (Å²) in [5, 5.41) is 0. The maximum absolute atomic E-state index is 5.28. The highest BCUT2D eigenvalue weighted by Crippen LogP contribution is 1.85. The van der Waals surface area contributed by atoms with E-state index in [0.717, 1.165) is 6.42 Å². The maximum Gasteiger partial charge on any atom is 0.260 e. The van der Waals surface area contributed by atoms with Gasteiger partial charge in [0.2, 0.25) is 0 Å². The van der Waals surface area contributed by atoms with Gasteiger partial charge in [0, 0.05) is 6.10 Å². The SMILES string of the molecule is CC/C=C/[Si]OC(C)C. The molecular weight excluding hydrogens is 128 g/mol. The highest BCUT2D eigenvalue weighted by atomic mass is 28.2. The molecule has 0 aromatic carbocycles. The van der Waals surface area contributed by atoms with E-state index in [1.54, 1.807) is 0 Å². The summed E-state index contributed by atoms with van der Waals surface area (Å²) < 4.78 is 5.28. The van der Waals surface area contributed by atoms with Crippen LogP contribution in [0.3, 0.4) is 0 Å². The summed E-state index contributed by atoms with van der Waals surface area (Å²) in [6, 6.07) is 0. The van der Waals surface area contributed by atoms with Crippen molar-refractivity contribution in [3.8, 4) is 0 Å². The van der Waals surface area contributed by atoms with Gasteiger partial charge in [-0.15, -0.1) is 0 Å². The lowest BCUT2D eigenvalue weighted by molar-refractivity contribution is 0.260. The second-order valence-electron chi connectivity index (χ2n) is 2.10. The van der Waals surface area contributed by atoms with Crippen LogP contribution in [-0.2, 0) is 4.43 Å². The highest BCUT2D eigenvalue weighted by molar-refractivity contribution is 6.34. The summed E-state index contributed by atoms with van der Waals surface area (Å²) in [5.41, 5.74) is 2.08. The van der Waals surface area contributed by atoms with Crippen LogP contribution in [0, 0.1) is 0 Å². The molecule has 0 N–H and O–H groups in total. The van der Waals surface area contributed by atoms with Crippen LogP contribution in [0.1, 0.15) is 27.2 Å². The van der Waals surface area contributed by atoms with Gasteiger partial charge in [-0.3, -0.25) is 0 Å². The first-order valence-electron chi connectivity index (χ1n) is 3.33. The monoisotopic (exact) mass is 142 g/mol. The minimum absolute atomic E-state index is 0.366. The lowest BCUT2D eigenvalue weighted by Crippen LogP contribution is -2.04. The van der Waals surface area contributed by atoms with E-state index in [-0.39, 0.29) is 0 Å². The molecule has 0 aliphatic carbocycles. The van der Waals surface area contributed by atoms with Crippen LogP contribution in [0.5, 0.6) is 0 Å². The maximum atomic E-state index is 5.28. The predicted octanol–water partition coefficient (Wildman–Crippen LogP) is 1.95. The number of hydrogen-bond donors (Lipinski definition) is 0. The highest BCUT2D eigenvalue weighted by Gasteiger charge is 1.88. The van der Waals surface area contributed by atoms with E-state index < -0.39 is 0 Å². The Morgan fingerprint density at radius 1 is 1.56 bits per heavy atom. The molecule has 0 rings (SSSR count). The van der Waals surface area contributed by atoms with Crippen molar-refractivity contribution in [3.63, 3.8) is 0 Å². The normalized spacial score (nSPS) is 11.6. The fourth-order valence-electron chi connectivity index (χ4n) is 0.341. The van der Waals surface area contributed by atoms with E-state index in [1.165, 1.54) is 0 Å². The van der Waals surface area contributed by atoms with Crippen molar-refractivity contribution in [3.05, 3.63) is 11.8 Å². The third-order valence-electron chi connectivity index (χ3n) is 0.725. The van der Waals surface area contributed by atoms with Gasteiger partial charge in [0.05, 0.1) is 0 Å². The summed E-state index contributed by atoms with van der Waals surface area (Å²) in [4.78, 5) is 0. The molecule has 0 fully saturated rings. The average Bonchev–Trinajstić information content (AvgIpc) is 1.80. The summed E-state index contributed by atoms with van der Waals surface area (Å²) in [7, 11) is 0.539. The lowest BCUT2D eigenvalue weighted by Gasteiger charge is -2.00. The molecule has 0 heterocycles. The Kier molecular flexibility index (Phi) is 5.99. The van der Waals surface area contributed by atoms with Gasteiger partial charge < -0.3 is 4.43 Å². The Morgan fingerprint density at radius 3 is 2.67 bits per heavy atom. The summed E-state index contributed by atoms with van der Waals surface area (Å²) in [6.07, 6.45) is 3.60. The molecule has 0 aromatic heterocycles. The molecule has 0 unspecified atom stereocenters. The van der Waals surface area contributed by atoms with Crippen LogP contribution >= 0.6 is 0 Å². The topological polar surface area (TPSA) is 9.23 Å². The largest absolute Gasteiger partial charge is 0.410 e. The molecule has 0 saturated carbocycles. The number of allylic oxidation sites excluding steroid dienone is 1. The quantitative estimate of drug-likeness (QED) is 0.545. The number of rotatable bonds is 4. The second kappa shape index (κ2) is 6.04. The van der Waals surface area contributed by atoms with Crippen LogP contribution in [-0.4, -0.2) is 15.9 Å². The van der Waals surface area contributed by atoms with Gasteiger partial charge in [-0.1, -0.05) is 18.7 Å². The van der Waals surface area contributed by atoms with Gasteiger partial charge >= 0.3 is 0 Å². The van der Waals surface area contributed by atoms with Crippen molar-refractivity contribution in [2.45, 2.75) is 33.3 Å². The summed E-state index contributed by atoms with van der Waals surface area (Å²) >= 11 is 0. The van der Waals surface area contributed by atoms with Crippen molar-refractivity contribution in [1.82, 2.24) is 0 Å². The number of hydrogen-bond acceptors (Lipinski definition) is 1. The van der Waals surface area contributed by atoms with Gasteiger partial charge in [0.1, 0.15) is 0 Å². The van der Waals surface area contributed by atoms with Crippen LogP contribution in [0.2, 0.25) is 0 Å². The summed E-state index contributed by atoms with van der Waals surface area (Å²) in [6.45, 7) is 6.22. The Bertz CT molecular complexity index is 79.0. The van der Waals surface area contributed by atoms with Crippen molar-refractivity contribution >= 4 is 9.76 Å². The molecule has 0 aliphatic rings. The molecule has 1 nitrogen and oxygen atoms in total. The van der Waals surface area contributed by atoms with Crippen LogP contribution in [0.15, 0.2) is 11.8 Å². The van der Waals surface area contributed by atoms with E-state index in [9.17, 15) is 0 Å². The van der Waals surface area contributed by atoms with Crippen LogP contribution in [0.25, 0.3) is 0 Å². The minimum atomic E-state index is 0.366. The van der Waals surface area contributed by atoms with Gasteiger partial charge in [0.25, 0.3) is 9.76 Å². The zero-order valence-electron chi connectivity index (χ0n) is 6.35.